The number of aliphatic hydroxyl groups excluding tert-OH is 1. The number of carbonyl (C=O) groups excluding carboxylic acids is 1. The molecule has 2 heteroatoms. The lowest BCUT2D eigenvalue weighted by atomic mass is 9.46. The fraction of sp³-hybridized carbons (Fsp3) is 0.667. The predicted octanol–water partition coefficient (Wildman–Crippen LogP) is 4.07. The summed E-state index contributed by atoms with van der Waals surface area (Å²) in [6.45, 7) is 4.62. The van der Waals surface area contributed by atoms with E-state index in [4.69, 9.17) is 0 Å². The Morgan fingerprint density at radius 3 is 2.96 bits per heavy atom. The molecule has 0 amide bonds. The fourth-order valence-corrected chi connectivity index (χ4v) is 6.35. The molecule has 0 spiro atoms. The molecule has 0 radical (unpaired) electrons. The fourth-order valence-electron chi connectivity index (χ4n) is 6.35. The van der Waals surface area contributed by atoms with Crippen molar-refractivity contribution in [2.75, 3.05) is 0 Å². The second-order valence-electron chi connectivity index (χ2n) is 8.26. The van der Waals surface area contributed by atoms with Gasteiger partial charge in [0, 0.05) is 11.3 Å². The number of hydrogen-bond acceptors (Lipinski definition) is 2. The monoisotopic (exact) mass is 312 g/mol. The second-order valence-corrected chi connectivity index (χ2v) is 8.26. The van der Waals surface area contributed by atoms with Crippen molar-refractivity contribution in [2.24, 2.45) is 35.0 Å². The van der Waals surface area contributed by atoms with E-state index in [1.807, 2.05) is 6.08 Å². The number of carbonyl (C=O) groups is 1. The molecule has 124 valence electrons. The number of ketones is 1. The maximum absolute atomic E-state index is 11.7. The van der Waals surface area contributed by atoms with Gasteiger partial charge in [0.1, 0.15) is 0 Å². The van der Waals surface area contributed by atoms with Crippen molar-refractivity contribution in [3.05, 3.63) is 36.0 Å². The summed E-state index contributed by atoms with van der Waals surface area (Å²) in [6.07, 6.45) is 15.5. The quantitative estimate of drug-likeness (QED) is 0.741. The highest BCUT2D eigenvalue weighted by Gasteiger charge is 2.55. The van der Waals surface area contributed by atoms with Gasteiger partial charge in [-0.1, -0.05) is 37.6 Å². The van der Waals surface area contributed by atoms with Crippen molar-refractivity contribution in [3.8, 4) is 0 Å². The maximum atomic E-state index is 11.7. The Labute approximate surface area is 139 Å². The van der Waals surface area contributed by atoms with E-state index >= 15 is 0 Å². The van der Waals surface area contributed by atoms with Crippen LogP contribution in [-0.4, -0.2) is 17.0 Å². The van der Waals surface area contributed by atoms with Crippen LogP contribution in [0.2, 0.25) is 0 Å². The van der Waals surface area contributed by atoms with E-state index < -0.39 is 0 Å². The highest BCUT2D eigenvalue weighted by Crippen LogP contribution is 2.61. The second kappa shape index (κ2) is 5.44. The zero-order valence-electron chi connectivity index (χ0n) is 14.2. The van der Waals surface area contributed by atoms with Crippen LogP contribution in [0.4, 0.5) is 0 Å². The summed E-state index contributed by atoms with van der Waals surface area (Å²) in [4.78, 5) is 11.7. The maximum Gasteiger partial charge on any atom is 0.178 e. The molecule has 4 aliphatic rings. The average Bonchev–Trinajstić information content (AvgIpc) is 2.54. The van der Waals surface area contributed by atoms with Crippen LogP contribution < -0.4 is 0 Å². The number of allylic oxidation sites excluding steroid dienone is 5. The van der Waals surface area contributed by atoms with E-state index in [2.05, 4.69) is 32.1 Å². The Morgan fingerprint density at radius 2 is 2.17 bits per heavy atom. The molecule has 2 saturated carbocycles. The minimum absolute atomic E-state index is 0.0829. The molecule has 0 aromatic heterocycles. The van der Waals surface area contributed by atoms with Gasteiger partial charge in [-0.05, 0) is 67.9 Å². The Bertz CT molecular complexity index is 599. The third kappa shape index (κ3) is 2.14. The van der Waals surface area contributed by atoms with Gasteiger partial charge in [0.25, 0.3) is 0 Å². The van der Waals surface area contributed by atoms with Gasteiger partial charge in [-0.25, -0.2) is 0 Å². The summed E-state index contributed by atoms with van der Waals surface area (Å²) in [6, 6.07) is 0. The molecule has 0 heterocycles. The molecule has 2 fully saturated rings. The van der Waals surface area contributed by atoms with Gasteiger partial charge in [0.15, 0.2) is 5.78 Å². The number of rotatable bonds is 1. The third-order valence-electron chi connectivity index (χ3n) is 7.44. The van der Waals surface area contributed by atoms with Gasteiger partial charge in [0.05, 0.1) is 6.10 Å². The van der Waals surface area contributed by atoms with Crippen molar-refractivity contribution < 1.29 is 9.90 Å². The molecule has 0 unspecified atom stereocenters. The molecule has 23 heavy (non-hydrogen) atoms. The van der Waals surface area contributed by atoms with Crippen molar-refractivity contribution in [2.45, 2.75) is 52.1 Å². The van der Waals surface area contributed by atoms with Crippen LogP contribution in [0.3, 0.4) is 0 Å². The van der Waals surface area contributed by atoms with E-state index in [9.17, 15) is 9.90 Å². The first-order valence-corrected chi connectivity index (χ1v) is 9.34. The molecule has 0 aliphatic heterocycles. The van der Waals surface area contributed by atoms with Gasteiger partial charge in [-0.15, -0.1) is 0 Å². The highest BCUT2D eigenvalue weighted by molar-refractivity contribution is 6.00. The molecule has 0 bridgehead atoms. The highest BCUT2D eigenvalue weighted by atomic mass is 16.3. The average molecular weight is 312 g/mol. The van der Waals surface area contributed by atoms with Crippen LogP contribution >= 0.6 is 0 Å². The van der Waals surface area contributed by atoms with Gasteiger partial charge in [-0.2, -0.15) is 0 Å². The molecular formula is C21H28O2. The summed E-state index contributed by atoms with van der Waals surface area (Å²) in [5.74, 6) is 2.97. The Hall–Kier alpha value is -1.15. The van der Waals surface area contributed by atoms with E-state index in [1.165, 1.54) is 12.0 Å². The first kappa shape index (κ1) is 15.4. The number of hydrogen-bond donors (Lipinski definition) is 1. The lowest BCUT2D eigenvalue weighted by molar-refractivity contribution is -0.111. The topological polar surface area (TPSA) is 37.3 Å². The standard InChI is InChI=1S/C21H28O2/c1-3-21-10-9-17-16-8-7-15(22)12-14(16)11-13(2)20(17)18(21)5-4-6-19(21)23/h4-5,7-8,12-13,16-20,23H,3,6,9-11H2,1-2H3/t13-,16+,17-,18+,19+,20-,21+/m1/s1. The minimum atomic E-state index is -0.184. The van der Waals surface area contributed by atoms with Crippen LogP contribution in [0.1, 0.15) is 46.0 Å². The third-order valence-corrected chi connectivity index (χ3v) is 7.44. The van der Waals surface area contributed by atoms with Gasteiger partial charge in [0.2, 0.25) is 0 Å². The van der Waals surface area contributed by atoms with Crippen molar-refractivity contribution in [1.82, 2.24) is 0 Å². The Morgan fingerprint density at radius 1 is 1.35 bits per heavy atom. The normalized spacial score (nSPS) is 48.3. The van der Waals surface area contributed by atoms with E-state index in [1.54, 1.807) is 6.08 Å². The van der Waals surface area contributed by atoms with Gasteiger partial charge in [-0.3, -0.25) is 4.79 Å². The zero-order chi connectivity index (χ0) is 16.2. The molecule has 1 N–H and O–H groups in total. The van der Waals surface area contributed by atoms with Crippen molar-refractivity contribution in [3.63, 3.8) is 0 Å². The summed E-state index contributed by atoms with van der Waals surface area (Å²) in [5, 5.41) is 10.8. The first-order chi connectivity index (χ1) is 11.1. The molecule has 0 aromatic rings. The molecule has 2 nitrogen and oxygen atoms in total. The van der Waals surface area contributed by atoms with Crippen LogP contribution in [0, 0.1) is 35.0 Å². The SMILES string of the molecule is CC[C@]12CC[C@H]3[C@@H]([C@H](C)CC4=CC(=O)C=C[C@@H]43)[C@@H]1C=CC[C@@H]2O. The van der Waals surface area contributed by atoms with Crippen LogP contribution in [-0.2, 0) is 4.79 Å². The lowest BCUT2D eigenvalue weighted by Crippen LogP contribution is -2.54. The summed E-state index contributed by atoms with van der Waals surface area (Å²) < 4.78 is 0. The predicted molar refractivity (Wildman–Crippen MR) is 91.7 cm³/mol. The van der Waals surface area contributed by atoms with Crippen molar-refractivity contribution in [1.29, 1.82) is 0 Å². The van der Waals surface area contributed by atoms with Gasteiger partial charge >= 0.3 is 0 Å². The van der Waals surface area contributed by atoms with E-state index in [-0.39, 0.29) is 17.3 Å². The van der Waals surface area contributed by atoms with Gasteiger partial charge < -0.3 is 5.11 Å². The molecule has 4 rings (SSSR count). The Kier molecular flexibility index (Phi) is 3.64. The molecule has 0 saturated heterocycles. The van der Waals surface area contributed by atoms with E-state index in [0.29, 0.717) is 29.6 Å². The summed E-state index contributed by atoms with van der Waals surface area (Å²) in [7, 11) is 0. The molecular weight excluding hydrogens is 284 g/mol. The lowest BCUT2D eigenvalue weighted by Gasteiger charge is -2.59. The number of fused-ring (bicyclic) bond motifs is 5. The largest absolute Gasteiger partial charge is 0.392 e. The molecule has 7 atom stereocenters. The van der Waals surface area contributed by atoms with Crippen LogP contribution in [0.15, 0.2) is 36.0 Å². The van der Waals surface area contributed by atoms with Crippen LogP contribution in [0.5, 0.6) is 0 Å². The zero-order valence-corrected chi connectivity index (χ0v) is 14.2. The minimum Gasteiger partial charge on any atom is -0.392 e. The van der Waals surface area contributed by atoms with E-state index in [0.717, 1.165) is 25.7 Å². The smallest absolute Gasteiger partial charge is 0.178 e. The summed E-state index contributed by atoms with van der Waals surface area (Å²) in [5.41, 5.74) is 1.44. The number of aliphatic hydroxyl groups is 1. The first-order valence-electron chi connectivity index (χ1n) is 9.34. The van der Waals surface area contributed by atoms with Crippen molar-refractivity contribution >= 4 is 5.78 Å². The summed E-state index contributed by atoms with van der Waals surface area (Å²) >= 11 is 0. The Balaban J connectivity index is 1.73. The molecule has 4 aliphatic carbocycles. The molecule has 0 aromatic carbocycles. The van der Waals surface area contributed by atoms with Crippen LogP contribution in [0.25, 0.3) is 0 Å².